The van der Waals surface area contributed by atoms with Crippen LogP contribution < -0.4 is 10.1 Å². The molecule has 19 heavy (non-hydrogen) atoms. The van der Waals surface area contributed by atoms with Crippen molar-refractivity contribution in [3.8, 4) is 5.75 Å². The van der Waals surface area contributed by atoms with Crippen LogP contribution in [0.3, 0.4) is 0 Å². The molecule has 0 atom stereocenters. The summed E-state index contributed by atoms with van der Waals surface area (Å²) in [6.07, 6.45) is 0. The summed E-state index contributed by atoms with van der Waals surface area (Å²) in [6, 6.07) is 3.96. The number of halogens is 1. The second kappa shape index (κ2) is 5.23. The molecule has 2 aromatic rings. The summed E-state index contributed by atoms with van der Waals surface area (Å²) in [5.41, 5.74) is 1.02. The van der Waals surface area contributed by atoms with Gasteiger partial charge in [0.25, 0.3) is 0 Å². The van der Waals surface area contributed by atoms with Crippen LogP contribution in [0.25, 0.3) is 0 Å². The van der Waals surface area contributed by atoms with Crippen LogP contribution in [0.5, 0.6) is 5.75 Å². The summed E-state index contributed by atoms with van der Waals surface area (Å²) in [7, 11) is 1.41. The first-order valence-electron chi connectivity index (χ1n) is 5.33. The van der Waals surface area contributed by atoms with Gasteiger partial charge >= 0.3 is 5.97 Å². The summed E-state index contributed by atoms with van der Waals surface area (Å²) < 4.78 is 22.1. The number of aromatic carboxylic acids is 1. The normalized spacial score (nSPS) is 10.3. The fourth-order valence-corrected chi connectivity index (χ4v) is 2.40. The molecule has 0 aliphatic carbocycles. The molecule has 0 saturated carbocycles. The molecular formula is C12H11FN2O3S. The number of nitrogens with one attached hydrogen (secondary N) is 1. The number of anilines is 2. The first-order valence-corrected chi connectivity index (χ1v) is 6.10. The van der Waals surface area contributed by atoms with Crippen LogP contribution in [0.1, 0.15) is 16.1 Å². The summed E-state index contributed by atoms with van der Waals surface area (Å²) in [4.78, 5) is 11.1. The first-order chi connectivity index (χ1) is 9.02. The predicted molar refractivity (Wildman–Crippen MR) is 70.0 cm³/mol. The quantitative estimate of drug-likeness (QED) is 0.901. The standard InChI is InChI=1S/C12H11FN2O3S/c1-6-10(12(16)17)11(19-15-6)14-8-4-3-7(13)5-9(8)18-2/h3-5,14H,1-2H3,(H,16,17). The minimum Gasteiger partial charge on any atom is -0.494 e. The highest BCUT2D eigenvalue weighted by molar-refractivity contribution is 7.10. The molecule has 100 valence electrons. The molecule has 0 aliphatic rings. The Morgan fingerprint density at radius 2 is 2.26 bits per heavy atom. The van der Waals surface area contributed by atoms with Gasteiger partial charge in [0.1, 0.15) is 22.1 Å². The Bertz CT molecular complexity index is 627. The van der Waals surface area contributed by atoms with E-state index in [1.54, 1.807) is 6.92 Å². The number of ether oxygens (including phenoxy) is 1. The number of rotatable bonds is 4. The van der Waals surface area contributed by atoms with E-state index in [0.717, 1.165) is 11.5 Å². The largest absolute Gasteiger partial charge is 0.494 e. The Morgan fingerprint density at radius 3 is 2.89 bits per heavy atom. The van der Waals surface area contributed by atoms with Gasteiger partial charge in [-0.2, -0.15) is 4.37 Å². The molecule has 0 fully saturated rings. The van der Waals surface area contributed by atoms with Crippen molar-refractivity contribution in [3.63, 3.8) is 0 Å². The zero-order chi connectivity index (χ0) is 14.0. The molecule has 0 aliphatic heterocycles. The van der Waals surface area contributed by atoms with Gasteiger partial charge in [-0.15, -0.1) is 0 Å². The van der Waals surface area contributed by atoms with Gasteiger partial charge < -0.3 is 15.2 Å². The van der Waals surface area contributed by atoms with E-state index in [-0.39, 0.29) is 5.56 Å². The fraction of sp³-hybridized carbons (Fsp3) is 0.167. The molecular weight excluding hydrogens is 271 g/mol. The van der Waals surface area contributed by atoms with E-state index in [0.29, 0.717) is 22.1 Å². The van der Waals surface area contributed by atoms with Crippen molar-refractivity contribution in [2.24, 2.45) is 0 Å². The lowest BCUT2D eigenvalue weighted by Gasteiger charge is -2.10. The maximum atomic E-state index is 13.1. The van der Waals surface area contributed by atoms with Crippen LogP contribution in [-0.4, -0.2) is 22.6 Å². The average Bonchev–Trinajstić information content (AvgIpc) is 2.72. The summed E-state index contributed by atoms with van der Waals surface area (Å²) >= 11 is 1.03. The van der Waals surface area contributed by atoms with Crippen LogP contribution in [0.4, 0.5) is 15.1 Å². The van der Waals surface area contributed by atoms with Crippen molar-refractivity contribution < 1.29 is 19.0 Å². The van der Waals surface area contributed by atoms with Gasteiger partial charge in [0.05, 0.1) is 18.5 Å². The number of carbonyl (C=O) groups is 1. The lowest BCUT2D eigenvalue weighted by molar-refractivity contribution is 0.0697. The van der Waals surface area contributed by atoms with Crippen LogP contribution in [0.15, 0.2) is 18.2 Å². The highest BCUT2D eigenvalue weighted by Gasteiger charge is 2.18. The van der Waals surface area contributed by atoms with Crippen LogP contribution in [0, 0.1) is 12.7 Å². The lowest BCUT2D eigenvalue weighted by Crippen LogP contribution is -2.02. The minimum atomic E-state index is -1.06. The molecule has 0 radical (unpaired) electrons. The lowest BCUT2D eigenvalue weighted by atomic mass is 10.2. The van der Waals surface area contributed by atoms with Gasteiger partial charge in [0, 0.05) is 6.07 Å². The van der Waals surface area contributed by atoms with E-state index in [9.17, 15) is 9.18 Å². The van der Waals surface area contributed by atoms with Crippen LogP contribution >= 0.6 is 11.5 Å². The van der Waals surface area contributed by atoms with E-state index in [4.69, 9.17) is 9.84 Å². The first kappa shape index (κ1) is 13.3. The Hall–Kier alpha value is -2.15. The topological polar surface area (TPSA) is 71.5 Å². The maximum Gasteiger partial charge on any atom is 0.340 e. The van der Waals surface area contributed by atoms with E-state index in [1.165, 1.54) is 25.3 Å². The molecule has 1 heterocycles. The second-order valence-corrected chi connectivity index (χ2v) is 4.52. The number of aromatic nitrogens is 1. The Kier molecular flexibility index (Phi) is 3.66. The molecule has 0 saturated heterocycles. The molecule has 0 bridgehead atoms. The van der Waals surface area contributed by atoms with Gasteiger partial charge in [-0.25, -0.2) is 9.18 Å². The number of aryl methyl sites for hydroxylation is 1. The van der Waals surface area contributed by atoms with E-state index in [2.05, 4.69) is 9.69 Å². The highest BCUT2D eigenvalue weighted by Crippen LogP contribution is 2.33. The average molecular weight is 282 g/mol. The molecule has 5 nitrogen and oxygen atoms in total. The zero-order valence-electron chi connectivity index (χ0n) is 10.2. The van der Waals surface area contributed by atoms with Gasteiger partial charge in [0.15, 0.2) is 0 Å². The van der Waals surface area contributed by atoms with Crippen molar-refractivity contribution in [3.05, 3.63) is 35.3 Å². The zero-order valence-corrected chi connectivity index (χ0v) is 11.0. The molecule has 2 rings (SSSR count). The monoisotopic (exact) mass is 282 g/mol. The maximum absolute atomic E-state index is 13.1. The van der Waals surface area contributed by atoms with Crippen molar-refractivity contribution in [2.45, 2.75) is 6.92 Å². The van der Waals surface area contributed by atoms with E-state index < -0.39 is 11.8 Å². The number of hydrogen-bond donors (Lipinski definition) is 2. The molecule has 2 N–H and O–H groups in total. The SMILES string of the molecule is COc1cc(F)ccc1Nc1snc(C)c1C(=O)O. The number of benzene rings is 1. The van der Waals surface area contributed by atoms with Crippen LogP contribution in [0.2, 0.25) is 0 Å². The summed E-state index contributed by atoms with van der Waals surface area (Å²) in [5.74, 6) is -1.20. The van der Waals surface area contributed by atoms with Gasteiger partial charge in [-0.3, -0.25) is 0 Å². The van der Waals surface area contributed by atoms with Crippen LogP contribution in [-0.2, 0) is 0 Å². The predicted octanol–water partition coefficient (Wildman–Crippen LogP) is 3.04. The number of carboxylic acids is 1. The molecule has 0 spiro atoms. The van der Waals surface area contributed by atoms with Gasteiger partial charge in [0.2, 0.25) is 0 Å². The third-order valence-electron chi connectivity index (χ3n) is 2.49. The fourth-order valence-electron chi connectivity index (χ4n) is 1.60. The second-order valence-electron chi connectivity index (χ2n) is 3.75. The molecule has 0 amide bonds. The highest BCUT2D eigenvalue weighted by atomic mass is 32.1. The van der Waals surface area contributed by atoms with E-state index >= 15 is 0 Å². The third-order valence-corrected chi connectivity index (χ3v) is 3.34. The summed E-state index contributed by atoms with van der Waals surface area (Å²) in [5, 5.41) is 12.4. The minimum absolute atomic E-state index is 0.108. The van der Waals surface area contributed by atoms with Gasteiger partial charge in [-0.05, 0) is 30.6 Å². The molecule has 7 heteroatoms. The molecule has 1 aromatic carbocycles. The third kappa shape index (κ3) is 2.65. The Morgan fingerprint density at radius 1 is 1.53 bits per heavy atom. The van der Waals surface area contributed by atoms with Crippen molar-refractivity contribution in [2.75, 3.05) is 12.4 Å². The van der Waals surface area contributed by atoms with E-state index in [1.807, 2.05) is 0 Å². The molecule has 1 aromatic heterocycles. The van der Waals surface area contributed by atoms with Crippen molar-refractivity contribution in [1.29, 1.82) is 0 Å². The number of carboxylic acid groups (broad SMARTS) is 1. The Labute approximate surface area is 112 Å². The number of hydrogen-bond acceptors (Lipinski definition) is 5. The van der Waals surface area contributed by atoms with Crippen molar-refractivity contribution in [1.82, 2.24) is 4.37 Å². The molecule has 0 unspecified atom stereocenters. The van der Waals surface area contributed by atoms with Gasteiger partial charge in [-0.1, -0.05) is 0 Å². The number of methoxy groups -OCH3 is 1. The van der Waals surface area contributed by atoms with Crippen molar-refractivity contribution >= 4 is 28.2 Å². The number of nitrogens with zero attached hydrogens (tertiary/aromatic N) is 1. The Balaban J connectivity index is 2.39. The smallest absolute Gasteiger partial charge is 0.340 e. The summed E-state index contributed by atoms with van der Waals surface area (Å²) in [6.45, 7) is 1.62.